The summed E-state index contributed by atoms with van der Waals surface area (Å²) < 4.78 is 38.2. The summed E-state index contributed by atoms with van der Waals surface area (Å²) in [7, 11) is -0.218. The molecule has 2 heterocycles. The second kappa shape index (κ2) is 8.03. The van der Waals surface area contributed by atoms with Crippen LogP contribution in [0.15, 0.2) is 29.2 Å². The van der Waals surface area contributed by atoms with Crippen LogP contribution in [0.1, 0.15) is 25.7 Å². The Morgan fingerprint density at radius 1 is 0.960 bits per heavy atom. The molecule has 0 unspecified atom stereocenters. The van der Waals surface area contributed by atoms with E-state index in [0.29, 0.717) is 31.0 Å². The highest BCUT2D eigenvalue weighted by Gasteiger charge is 2.34. The van der Waals surface area contributed by atoms with Crippen molar-refractivity contribution in [2.45, 2.75) is 42.7 Å². The minimum atomic E-state index is -3.50. The van der Waals surface area contributed by atoms with Gasteiger partial charge in [0.05, 0.1) is 13.2 Å². The van der Waals surface area contributed by atoms with Gasteiger partial charge in [-0.1, -0.05) is 12.1 Å². The summed E-state index contributed by atoms with van der Waals surface area (Å²) in [6.45, 7) is 3.22. The van der Waals surface area contributed by atoms with Gasteiger partial charge in [0.25, 0.3) is 0 Å². The van der Waals surface area contributed by atoms with Crippen LogP contribution in [-0.2, 0) is 14.8 Å². The molecule has 3 rings (SSSR count). The lowest BCUT2D eigenvalue weighted by Crippen LogP contribution is -2.49. The van der Waals surface area contributed by atoms with E-state index in [2.05, 4.69) is 4.90 Å². The van der Waals surface area contributed by atoms with Crippen LogP contribution in [0, 0.1) is 0 Å². The first kappa shape index (κ1) is 18.6. The molecule has 2 aliphatic heterocycles. The maximum absolute atomic E-state index is 12.9. The number of methoxy groups -OCH3 is 2. The van der Waals surface area contributed by atoms with Gasteiger partial charge in [0.1, 0.15) is 10.6 Å². The molecule has 7 heteroatoms. The predicted molar refractivity (Wildman–Crippen MR) is 96.4 cm³/mol. The Kier molecular flexibility index (Phi) is 5.99. The van der Waals surface area contributed by atoms with Gasteiger partial charge in [0, 0.05) is 39.3 Å². The number of hydrogen-bond donors (Lipinski definition) is 0. The highest BCUT2D eigenvalue weighted by Crippen LogP contribution is 2.29. The molecular weight excluding hydrogens is 340 g/mol. The van der Waals surface area contributed by atoms with E-state index in [1.54, 1.807) is 35.7 Å². The van der Waals surface area contributed by atoms with Crippen molar-refractivity contribution >= 4 is 10.0 Å². The first-order chi connectivity index (χ1) is 12.1. The van der Waals surface area contributed by atoms with Crippen molar-refractivity contribution in [3.63, 3.8) is 0 Å². The Morgan fingerprint density at radius 2 is 1.60 bits per heavy atom. The monoisotopic (exact) mass is 368 g/mol. The van der Waals surface area contributed by atoms with E-state index in [0.717, 1.165) is 38.8 Å². The molecule has 140 valence electrons. The molecule has 0 aromatic heterocycles. The van der Waals surface area contributed by atoms with E-state index in [1.807, 2.05) is 0 Å². The number of likely N-dealkylation sites (tertiary alicyclic amines) is 1. The maximum atomic E-state index is 12.9. The average molecular weight is 368 g/mol. The molecule has 6 nitrogen and oxygen atoms in total. The van der Waals surface area contributed by atoms with Crippen LogP contribution < -0.4 is 4.74 Å². The number of para-hydroxylation sites is 1. The van der Waals surface area contributed by atoms with Crippen LogP contribution in [0.4, 0.5) is 0 Å². The van der Waals surface area contributed by atoms with E-state index in [1.165, 1.54) is 7.11 Å². The van der Waals surface area contributed by atoms with Crippen molar-refractivity contribution < 1.29 is 17.9 Å². The maximum Gasteiger partial charge on any atom is 0.246 e. The zero-order chi connectivity index (χ0) is 17.9. The van der Waals surface area contributed by atoms with Crippen LogP contribution in [-0.4, -0.2) is 70.2 Å². The van der Waals surface area contributed by atoms with Gasteiger partial charge < -0.3 is 14.4 Å². The Balaban J connectivity index is 1.62. The summed E-state index contributed by atoms with van der Waals surface area (Å²) in [5.74, 6) is 0.409. The third-order valence-corrected chi connectivity index (χ3v) is 7.37. The smallest absolute Gasteiger partial charge is 0.246 e. The molecule has 0 saturated carbocycles. The summed E-state index contributed by atoms with van der Waals surface area (Å²) in [4.78, 5) is 2.76. The fourth-order valence-corrected chi connectivity index (χ4v) is 5.52. The van der Waals surface area contributed by atoms with Gasteiger partial charge in [0.2, 0.25) is 10.0 Å². The second-order valence-electron chi connectivity index (χ2n) is 6.76. The molecule has 0 amide bonds. The lowest BCUT2D eigenvalue weighted by atomic mass is 10.00. The number of hydrogen-bond acceptors (Lipinski definition) is 5. The second-order valence-corrected chi connectivity index (χ2v) is 8.66. The number of piperidine rings is 2. The van der Waals surface area contributed by atoms with Crippen LogP contribution in [0.3, 0.4) is 0 Å². The van der Waals surface area contributed by atoms with E-state index in [9.17, 15) is 8.42 Å². The summed E-state index contributed by atoms with van der Waals surface area (Å²) in [6.07, 6.45) is 4.27. The summed E-state index contributed by atoms with van der Waals surface area (Å²) in [5, 5.41) is 0. The Morgan fingerprint density at radius 3 is 2.20 bits per heavy atom. The third-order valence-electron chi connectivity index (χ3n) is 5.44. The van der Waals surface area contributed by atoms with E-state index < -0.39 is 10.0 Å². The van der Waals surface area contributed by atoms with Crippen molar-refractivity contribution in [3.8, 4) is 5.75 Å². The number of benzene rings is 1. The SMILES string of the molecule is COc1ccccc1S(=O)(=O)N1CCC(N2CCC(OC)CC2)CC1. The summed E-state index contributed by atoms with van der Waals surface area (Å²) >= 11 is 0. The van der Waals surface area contributed by atoms with Crippen molar-refractivity contribution in [2.75, 3.05) is 40.4 Å². The fourth-order valence-electron chi connectivity index (χ4n) is 3.90. The third kappa shape index (κ3) is 4.00. The topological polar surface area (TPSA) is 59.1 Å². The van der Waals surface area contributed by atoms with Crippen molar-refractivity contribution in [3.05, 3.63) is 24.3 Å². The number of rotatable bonds is 5. The minimum Gasteiger partial charge on any atom is -0.495 e. The first-order valence-electron chi connectivity index (χ1n) is 8.96. The predicted octanol–water partition coefficient (Wildman–Crippen LogP) is 1.96. The molecule has 2 saturated heterocycles. The molecule has 0 bridgehead atoms. The molecule has 0 spiro atoms. The zero-order valence-corrected chi connectivity index (χ0v) is 15.9. The molecule has 2 fully saturated rings. The normalized spacial score (nSPS) is 22.2. The Hall–Kier alpha value is -1.15. The van der Waals surface area contributed by atoms with Crippen LogP contribution >= 0.6 is 0 Å². The van der Waals surface area contributed by atoms with Gasteiger partial charge in [-0.3, -0.25) is 0 Å². The lowest BCUT2D eigenvalue weighted by molar-refractivity contribution is 0.0190. The quantitative estimate of drug-likeness (QED) is 0.795. The molecule has 25 heavy (non-hydrogen) atoms. The largest absolute Gasteiger partial charge is 0.495 e. The molecule has 1 aromatic carbocycles. The van der Waals surface area contributed by atoms with Crippen LogP contribution in [0.25, 0.3) is 0 Å². The van der Waals surface area contributed by atoms with Crippen LogP contribution in [0.5, 0.6) is 5.75 Å². The van der Waals surface area contributed by atoms with Crippen LogP contribution in [0.2, 0.25) is 0 Å². The molecule has 0 atom stereocenters. The molecule has 0 N–H and O–H groups in total. The molecule has 1 aromatic rings. The fraction of sp³-hybridized carbons (Fsp3) is 0.667. The Bertz CT molecular complexity index is 663. The van der Waals surface area contributed by atoms with E-state index in [4.69, 9.17) is 9.47 Å². The minimum absolute atomic E-state index is 0.261. The molecule has 0 radical (unpaired) electrons. The van der Waals surface area contributed by atoms with E-state index in [-0.39, 0.29) is 4.90 Å². The van der Waals surface area contributed by atoms with Crippen molar-refractivity contribution in [2.24, 2.45) is 0 Å². The van der Waals surface area contributed by atoms with E-state index >= 15 is 0 Å². The highest BCUT2D eigenvalue weighted by molar-refractivity contribution is 7.89. The molecular formula is C18H28N2O4S. The standard InChI is InChI=1S/C18H28N2O4S/c1-23-16-9-11-19(12-10-16)15-7-13-20(14-8-15)25(21,22)18-6-4-3-5-17(18)24-2/h3-6,15-16H,7-14H2,1-2H3. The molecule has 2 aliphatic rings. The van der Waals surface area contributed by atoms with Gasteiger partial charge in [0.15, 0.2) is 0 Å². The van der Waals surface area contributed by atoms with Gasteiger partial charge >= 0.3 is 0 Å². The van der Waals surface area contributed by atoms with Gasteiger partial charge in [-0.05, 0) is 37.8 Å². The van der Waals surface area contributed by atoms with Crippen molar-refractivity contribution in [1.82, 2.24) is 9.21 Å². The highest BCUT2D eigenvalue weighted by atomic mass is 32.2. The number of ether oxygens (including phenoxy) is 2. The number of sulfonamides is 1. The summed E-state index contributed by atoms with van der Waals surface area (Å²) in [5.41, 5.74) is 0. The van der Waals surface area contributed by atoms with Gasteiger partial charge in [-0.25, -0.2) is 8.42 Å². The van der Waals surface area contributed by atoms with Crippen molar-refractivity contribution in [1.29, 1.82) is 0 Å². The average Bonchev–Trinajstić information content (AvgIpc) is 2.68. The zero-order valence-electron chi connectivity index (χ0n) is 15.1. The Labute approximate surface area is 150 Å². The lowest BCUT2D eigenvalue weighted by Gasteiger charge is -2.41. The number of nitrogens with zero attached hydrogens (tertiary/aromatic N) is 2. The van der Waals surface area contributed by atoms with Gasteiger partial charge in [-0.2, -0.15) is 4.31 Å². The summed E-state index contributed by atoms with van der Waals surface area (Å²) in [6, 6.07) is 7.31. The molecule has 0 aliphatic carbocycles. The van der Waals surface area contributed by atoms with Gasteiger partial charge in [-0.15, -0.1) is 0 Å². The first-order valence-corrected chi connectivity index (χ1v) is 10.4.